The van der Waals surface area contributed by atoms with Crippen LogP contribution in [0, 0.1) is 11.3 Å². The molecule has 6 heteroatoms. The Morgan fingerprint density at radius 2 is 1.93 bits per heavy atom. The van der Waals surface area contributed by atoms with Gasteiger partial charge in [-0.1, -0.05) is 19.1 Å². The molecule has 0 aromatic heterocycles. The summed E-state index contributed by atoms with van der Waals surface area (Å²) in [6.45, 7) is 5.96. The number of methoxy groups -OCH3 is 3. The summed E-state index contributed by atoms with van der Waals surface area (Å²) in [7, 11) is 4.77. The molecular weight excluding hydrogens is 348 g/mol. The van der Waals surface area contributed by atoms with Crippen LogP contribution in [0.4, 0.5) is 0 Å². The maximum atomic E-state index is 11.5. The summed E-state index contributed by atoms with van der Waals surface area (Å²) >= 11 is 0. The molecule has 1 saturated carbocycles. The van der Waals surface area contributed by atoms with Crippen molar-refractivity contribution in [3.63, 3.8) is 0 Å². The minimum absolute atomic E-state index is 0.0243. The average molecular weight is 378 g/mol. The number of benzene rings is 1. The van der Waals surface area contributed by atoms with Crippen molar-refractivity contribution in [3.8, 4) is 11.5 Å². The van der Waals surface area contributed by atoms with Gasteiger partial charge in [0.1, 0.15) is 0 Å². The minimum atomic E-state index is -1.45. The smallest absolute Gasteiger partial charge is 0.175 e. The van der Waals surface area contributed by atoms with Gasteiger partial charge in [-0.3, -0.25) is 0 Å². The number of aliphatic hydroxyl groups is 2. The Hall–Kier alpha value is -1.60. The molecule has 2 aliphatic rings. The van der Waals surface area contributed by atoms with Gasteiger partial charge in [0.05, 0.1) is 32.5 Å². The van der Waals surface area contributed by atoms with Gasteiger partial charge in [-0.2, -0.15) is 0 Å². The van der Waals surface area contributed by atoms with Gasteiger partial charge in [-0.05, 0) is 36.5 Å². The molecule has 6 nitrogen and oxygen atoms in total. The Labute approximate surface area is 160 Å². The summed E-state index contributed by atoms with van der Waals surface area (Å²) in [5.74, 6) is -0.227. The molecule has 3 rings (SSSR count). The van der Waals surface area contributed by atoms with E-state index in [1.807, 2.05) is 24.3 Å². The van der Waals surface area contributed by atoms with Crippen molar-refractivity contribution in [2.45, 2.75) is 50.3 Å². The molecule has 0 spiro atoms. The molecule has 27 heavy (non-hydrogen) atoms. The number of rotatable bonds is 6. The normalized spacial score (nSPS) is 38.3. The molecule has 1 aromatic carbocycles. The molecular formula is C21H30O6. The average Bonchev–Trinajstić information content (AvgIpc) is 2.88. The van der Waals surface area contributed by atoms with Crippen LogP contribution in [0.2, 0.25) is 0 Å². The lowest BCUT2D eigenvalue weighted by molar-refractivity contribution is -0.287. The van der Waals surface area contributed by atoms with E-state index in [0.29, 0.717) is 24.3 Å². The molecule has 1 aromatic rings. The summed E-state index contributed by atoms with van der Waals surface area (Å²) in [5, 5.41) is 21.9. The maximum absolute atomic E-state index is 11.5. The molecule has 0 amide bonds. The Morgan fingerprint density at radius 1 is 1.22 bits per heavy atom. The Bertz CT molecular complexity index is 691. The second-order valence-corrected chi connectivity index (χ2v) is 7.62. The van der Waals surface area contributed by atoms with Crippen LogP contribution in [0.1, 0.15) is 37.9 Å². The number of allylic oxidation sites excluding steroid dienone is 1. The number of aliphatic hydroxyl groups excluding tert-OH is 1. The third-order valence-electron chi connectivity index (χ3n) is 6.45. The topological polar surface area (TPSA) is 77.4 Å². The monoisotopic (exact) mass is 378 g/mol. The van der Waals surface area contributed by atoms with E-state index in [2.05, 4.69) is 13.5 Å². The fraction of sp³-hybridized carbons (Fsp3) is 0.619. The molecule has 6 atom stereocenters. The first kappa shape index (κ1) is 20.1. The Morgan fingerprint density at radius 3 is 2.52 bits per heavy atom. The van der Waals surface area contributed by atoms with Crippen molar-refractivity contribution in [2.75, 3.05) is 21.3 Å². The second kappa shape index (κ2) is 7.43. The van der Waals surface area contributed by atoms with Crippen LogP contribution in [0.25, 0.3) is 0 Å². The van der Waals surface area contributed by atoms with Crippen LogP contribution in [-0.4, -0.2) is 49.5 Å². The van der Waals surface area contributed by atoms with Gasteiger partial charge < -0.3 is 29.2 Å². The highest BCUT2D eigenvalue weighted by Crippen LogP contribution is 2.63. The maximum Gasteiger partial charge on any atom is 0.175 e. The highest BCUT2D eigenvalue weighted by molar-refractivity contribution is 5.44. The fourth-order valence-corrected chi connectivity index (χ4v) is 4.89. The van der Waals surface area contributed by atoms with Gasteiger partial charge in [-0.25, -0.2) is 0 Å². The lowest BCUT2D eigenvalue weighted by atomic mass is 9.59. The molecule has 1 aliphatic heterocycles. The van der Waals surface area contributed by atoms with E-state index in [4.69, 9.17) is 18.9 Å². The molecule has 2 N–H and O–H groups in total. The number of hydrogen-bond acceptors (Lipinski definition) is 6. The fourth-order valence-electron chi connectivity index (χ4n) is 4.89. The summed E-state index contributed by atoms with van der Waals surface area (Å²) in [5.41, 5.74) is 0.307. The van der Waals surface area contributed by atoms with Crippen LogP contribution in [0.15, 0.2) is 30.9 Å². The Balaban J connectivity index is 2.02. The van der Waals surface area contributed by atoms with Crippen molar-refractivity contribution in [2.24, 2.45) is 11.3 Å². The van der Waals surface area contributed by atoms with Crippen LogP contribution in [-0.2, 0) is 9.47 Å². The van der Waals surface area contributed by atoms with Crippen LogP contribution >= 0.6 is 0 Å². The molecule has 0 radical (unpaired) electrons. The quantitative estimate of drug-likeness (QED) is 0.742. The van der Waals surface area contributed by atoms with Gasteiger partial charge in [-0.15, -0.1) is 6.58 Å². The number of ether oxygens (including phenoxy) is 4. The molecule has 0 unspecified atom stereocenters. The molecule has 150 valence electrons. The van der Waals surface area contributed by atoms with Crippen molar-refractivity contribution >= 4 is 0 Å². The first-order chi connectivity index (χ1) is 12.9. The summed E-state index contributed by atoms with van der Waals surface area (Å²) in [6.07, 6.45) is 1.51. The first-order valence-electron chi connectivity index (χ1n) is 9.29. The van der Waals surface area contributed by atoms with Crippen molar-refractivity contribution in [3.05, 3.63) is 36.4 Å². The first-order valence-corrected chi connectivity index (χ1v) is 9.29. The molecule has 1 saturated heterocycles. The molecule has 2 fully saturated rings. The lowest BCUT2D eigenvalue weighted by Crippen LogP contribution is -2.58. The summed E-state index contributed by atoms with van der Waals surface area (Å²) < 4.78 is 22.5. The van der Waals surface area contributed by atoms with Crippen LogP contribution in [0.3, 0.4) is 0 Å². The second-order valence-electron chi connectivity index (χ2n) is 7.62. The molecule has 1 aliphatic carbocycles. The van der Waals surface area contributed by atoms with E-state index in [0.717, 1.165) is 5.56 Å². The largest absolute Gasteiger partial charge is 0.493 e. The minimum Gasteiger partial charge on any atom is -0.493 e. The van der Waals surface area contributed by atoms with Gasteiger partial charge >= 0.3 is 0 Å². The van der Waals surface area contributed by atoms with E-state index >= 15 is 0 Å². The third-order valence-corrected chi connectivity index (χ3v) is 6.45. The van der Waals surface area contributed by atoms with Crippen molar-refractivity contribution in [1.82, 2.24) is 0 Å². The van der Waals surface area contributed by atoms with E-state index < -0.39 is 17.3 Å². The van der Waals surface area contributed by atoms with Crippen molar-refractivity contribution in [1.29, 1.82) is 0 Å². The van der Waals surface area contributed by atoms with Gasteiger partial charge in [0.2, 0.25) is 0 Å². The SMILES string of the molecule is C=CC[C@]12C[C@@H](OC)[C@H](O)C[C@]1(O)O[C@@H](c1ccc(OC)c(OC)c1)[C@H]2C. The Kier molecular flexibility index (Phi) is 5.54. The van der Waals surface area contributed by atoms with E-state index in [-0.39, 0.29) is 24.5 Å². The summed E-state index contributed by atoms with van der Waals surface area (Å²) in [6, 6.07) is 5.64. The third kappa shape index (κ3) is 3.05. The van der Waals surface area contributed by atoms with Crippen LogP contribution < -0.4 is 9.47 Å². The molecule has 1 heterocycles. The zero-order valence-corrected chi connectivity index (χ0v) is 16.5. The number of hydrogen-bond donors (Lipinski definition) is 2. The van der Waals surface area contributed by atoms with Gasteiger partial charge in [0.25, 0.3) is 0 Å². The van der Waals surface area contributed by atoms with Crippen LogP contribution in [0.5, 0.6) is 11.5 Å². The highest BCUT2D eigenvalue weighted by atomic mass is 16.6. The number of fused-ring (bicyclic) bond motifs is 1. The van der Waals surface area contributed by atoms with E-state index in [1.54, 1.807) is 21.3 Å². The van der Waals surface area contributed by atoms with Gasteiger partial charge in [0, 0.05) is 18.9 Å². The summed E-state index contributed by atoms with van der Waals surface area (Å²) in [4.78, 5) is 0. The van der Waals surface area contributed by atoms with Crippen molar-refractivity contribution < 1.29 is 29.2 Å². The zero-order valence-electron chi connectivity index (χ0n) is 16.5. The van der Waals surface area contributed by atoms with E-state index in [1.165, 1.54) is 0 Å². The standard InChI is InChI=1S/C21H30O6/c1-6-9-20-12-18(26-5)15(22)11-21(20,23)27-19(13(20)2)14-7-8-16(24-3)17(10-14)25-4/h6-8,10,13,15,18-19,22-23H,1,9,11-12H2,2-5H3/t13-,15-,18-,19-,20-,21+/m1/s1. The highest BCUT2D eigenvalue weighted by Gasteiger charge is 2.66. The zero-order chi connectivity index (χ0) is 19.8. The predicted molar refractivity (Wildman–Crippen MR) is 101 cm³/mol. The predicted octanol–water partition coefficient (Wildman–Crippen LogP) is 2.83. The lowest BCUT2D eigenvalue weighted by Gasteiger charge is -2.50. The van der Waals surface area contributed by atoms with E-state index in [9.17, 15) is 10.2 Å². The molecule has 0 bridgehead atoms. The van der Waals surface area contributed by atoms with Gasteiger partial charge in [0.15, 0.2) is 17.3 Å².